The van der Waals surface area contributed by atoms with Crippen molar-refractivity contribution >= 4 is 5.91 Å². The fourth-order valence-electron chi connectivity index (χ4n) is 2.69. The lowest BCUT2D eigenvalue weighted by molar-refractivity contribution is -0.138. The number of hydrogen-bond donors (Lipinski definition) is 1. The largest absolute Gasteiger partial charge is 0.339 e. The molecule has 0 aromatic carbocycles. The highest BCUT2D eigenvalue weighted by Crippen LogP contribution is 2.18. The second-order valence-electron chi connectivity index (χ2n) is 6.66. The van der Waals surface area contributed by atoms with Gasteiger partial charge in [0.25, 0.3) is 0 Å². The molecule has 0 saturated heterocycles. The molecule has 120 valence electrons. The van der Waals surface area contributed by atoms with Gasteiger partial charge in [-0.1, -0.05) is 41.0 Å². The molecule has 0 aliphatic heterocycles. The zero-order chi connectivity index (χ0) is 15.7. The summed E-state index contributed by atoms with van der Waals surface area (Å²) in [6, 6.07) is 0.629. The van der Waals surface area contributed by atoms with Crippen LogP contribution in [0.4, 0.5) is 0 Å². The summed E-state index contributed by atoms with van der Waals surface area (Å²) in [5.41, 5.74) is 5.78. The van der Waals surface area contributed by atoms with Gasteiger partial charge in [0.1, 0.15) is 0 Å². The van der Waals surface area contributed by atoms with Crippen LogP contribution in [0.5, 0.6) is 0 Å². The topological polar surface area (TPSA) is 46.3 Å². The number of amides is 1. The molecule has 20 heavy (non-hydrogen) atoms. The average molecular weight is 284 g/mol. The minimum Gasteiger partial charge on any atom is -0.339 e. The molecule has 1 amide bonds. The Hall–Kier alpha value is -0.570. The van der Waals surface area contributed by atoms with Gasteiger partial charge in [-0.2, -0.15) is 0 Å². The number of hydrogen-bond acceptors (Lipinski definition) is 2. The third-order valence-corrected chi connectivity index (χ3v) is 3.95. The molecule has 0 spiro atoms. The molecule has 0 aliphatic rings. The third kappa shape index (κ3) is 7.28. The first-order valence-corrected chi connectivity index (χ1v) is 8.39. The molecule has 0 heterocycles. The Morgan fingerprint density at radius 2 is 1.60 bits per heavy atom. The van der Waals surface area contributed by atoms with E-state index in [1.807, 2.05) is 6.92 Å². The summed E-state index contributed by atoms with van der Waals surface area (Å²) in [4.78, 5) is 14.8. The van der Waals surface area contributed by atoms with E-state index in [2.05, 4.69) is 39.5 Å². The maximum absolute atomic E-state index is 12.7. The Morgan fingerprint density at radius 3 is 2.00 bits per heavy atom. The maximum Gasteiger partial charge on any atom is 0.225 e. The van der Waals surface area contributed by atoms with Gasteiger partial charge in [-0.25, -0.2) is 0 Å². The van der Waals surface area contributed by atoms with Crippen molar-refractivity contribution in [1.29, 1.82) is 0 Å². The van der Waals surface area contributed by atoms with E-state index in [-0.39, 0.29) is 12.0 Å². The van der Waals surface area contributed by atoms with Gasteiger partial charge in [0, 0.05) is 24.5 Å². The Labute approximate surface area is 126 Å². The predicted octanol–water partition coefficient (Wildman–Crippen LogP) is 3.81. The van der Waals surface area contributed by atoms with Gasteiger partial charge in [0.2, 0.25) is 5.91 Å². The number of nitrogens with zero attached hydrogens (tertiary/aromatic N) is 1. The molecule has 2 atom stereocenters. The van der Waals surface area contributed by atoms with Crippen LogP contribution in [0.15, 0.2) is 0 Å². The van der Waals surface area contributed by atoms with Gasteiger partial charge in [0.15, 0.2) is 0 Å². The van der Waals surface area contributed by atoms with Crippen LogP contribution < -0.4 is 5.73 Å². The van der Waals surface area contributed by atoms with Crippen molar-refractivity contribution in [1.82, 2.24) is 4.90 Å². The second kappa shape index (κ2) is 10.2. The van der Waals surface area contributed by atoms with E-state index in [9.17, 15) is 4.79 Å². The predicted molar refractivity (Wildman–Crippen MR) is 87.6 cm³/mol. The van der Waals surface area contributed by atoms with Crippen molar-refractivity contribution in [2.75, 3.05) is 6.54 Å². The van der Waals surface area contributed by atoms with Crippen LogP contribution in [0.3, 0.4) is 0 Å². The first kappa shape index (κ1) is 19.4. The highest BCUT2D eigenvalue weighted by Gasteiger charge is 2.25. The van der Waals surface area contributed by atoms with Crippen molar-refractivity contribution < 1.29 is 4.79 Å². The van der Waals surface area contributed by atoms with Gasteiger partial charge in [-0.05, 0) is 38.5 Å². The van der Waals surface area contributed by atoms with Crippen LogP contribution in [0.25, 0.3) is 0 Å². The lowest BCUT2D eigenvalue weighted by Gasteiger charge is -2.34. The lowest BCUT2D eigenvalue weighted by Crippen LogP contribution is -2.44. The quantitative estimate of drug-likeness (QED) is 0.663. The number of nitrogens with two attached hydrogens (primary N) is 1. The summed E-state index contributed by atoms with van der Waals surface area (Å²) in [6.07, 6.45) is 5.09. The van der Waals surface area contributed by atoms with Gasteiger partial charge < -0.3 is 10.6 Å². The molecule has 2 N–H and O–H groups in total. The van der Waals surface area contributed by atoms with Crippen LogP contribution in [-0.2, 0) is 4.79 Å². The van der Waals surface area contributed by atoms with E-state index >= 15 is 0 Å². The summed E-state index contributed by atoms with van der Waals surface area (Å²) in [5.74, 6) is 0.973. The first-order chi connectivity index (χ1) is 9.33. The fraction of sp³-hybridized carbons (Fsp3) is 0.941. The van der Waals surface area contributed by atoms with E-state index in [4.69, 9.17) is 5.73 Å². The van der Waals surface area contributed by atoms with Crippen molar-refractivity contribution in [2.24, 2.45) is 17.6 Å². The first-order valence-electron chi connectivity index (χ1n) is 8.39. The zero-order valence-corrected chi connectivity index (χ0v) is 14.5. The average Bonchev–Trinajstić information content (AvgIpc) is 2.37. The van der Waals surface area contributed by atoms with Crippen LogP contribution in [0.2, 0.25) is 0 Å². The summed E-state index contributed by atoms with van der Waals surface area (Å²) in [6.45, 7) is 13.7. The van der Waals surface area contributed by atoms with Crippen LogP contribution in [0.1, 0.15) is 73.6 Å². The van der Waals surface area contributed by atoms with E-state index in [0.29, 0.717) is 17.9 Å². The Kier molecular flexibility index (Phi) is 9.91. The van der Waals surface area contributed by atoms with E-state index in [0.717, 1.165) is 38.6 Å². The maximum atomic E-state index is 12.7. The molecule has 3 nitrogen and oxygen atoms in total. The van der Waals surface area contributed by atoms with E-state index in [1.165, 1.54) is 0 Å². The second-order valence-corrected chi connectivity index (χ2v) is 6.66. The van der Waals surface area contributed by atoms with Gasteiger partial charge >= 0.3 is 0 Å². The molecule has 0 aromatic rings. The lowest BCUT2D eigenvalue weighted by atomic mass is 9.98. The fourth-order valence-corrected chi connectivity index (χ4v) is 2.69. The molecule has 0 bridgehead atoms. The molecular weight excluding hydrogens is 248 g/mol. The van der Waals surface area contributed by atoms with Crippen LogP contribution in [0, 0.1) is 11.8 Å². The van der Waals surface area contributed by atoms with Crippen molar-refractivity contribution in [3.8, 4) is 0 Å². The SMILES string of the molecule is CCC(CC)N(CC(C)C)C(=O)C(C)CCCC(C)N. The molecule has 2 unspecified atom stereocenters. The number of rotatable bonds is 10. The summed E-state index contributed by atoms with van der Waals surface area (Å²) in [5, 5.41) is 0. The Balaban J connectivity index is 4.59. The molecule has 3 heteroatoms. The van der Waals surface area contributed by atoms with Crippen LogP contribution >= 0.6 is 0 Å². The number of carbonyl (C=O) groups is 1. The highest BCUT2D eigenvalue weighted by atomic mass is 16.2. The van der Waals surface area contributed by atoms with E-state index in [1.54, 1.807) is 0 Å². The van der Waals surface area contributed by atoms with Crippen LogP contribution in [-0.4, -0.2) is 29.4 Å². The highest BCUT2D eigenvalue weighted by molar-refractivity contribution is 5.78. The zero-order valence-electron chi connectivity index (χ0n) is 14.5. The van der Waals surface area contributed by atoms with E-state index < -0.39 is 0 Å². The Bertz CT molecular complexity index is 260. The van der Waals surface area contributed by atoms with Gasteiger partial charge in [-0.15, -0.1) is 0 Å². The normalized spacial score (nSPS) is 14.7. The summed E-state index contributed by atoms with van der Waals surface area (Å²) < 4.78 is 0. The van der Waals surface area contributed by atoms with Crippen molar-refractivity contribution in [3.05, 3.63) is 0 Å². The molecule has 0 saturated carbocycles. The molecule has 0 radical (unpaired) electrons. The van der Waals surface area contributed by atoms with Crippen molar-refractivity contribution in [3.63, 3.8) is 0 Å². The minimum absolute atomic E-state index is 0.119. The monoisotopic (exact) mass is 284 g/mol. The smallest absolute Gasteiger partial charge is 0.225 e. The summed E-state index contributed by atoms with van der Waals surface area (Å²) >= 11 is 0. The molecule has 0 fully saturated rings. The minimum atomic E-state index is 0.119. The molecule has 0 aliphatic carbocycles. The molecule has 0 aromatic heterocycles. The Morgan fingerprint density at radius 1 is 1.05 bits per heavy atom. The van der Waals surface area contributed by atoms with Crippen molar-refractivity contribution in [2.45, 2.75) is 85.7 Å². The molecule has 0 rings (SSSR count). The summed E-state index contributed by atoms with van der Waals surface area (Å²) in [7, 11) is 0. The molecular formula is C17H36N2O. The van der Waals surface area contributed by atoms with Gasteiger partial charge in [0.05, 0.1) is 0 Å². The van der Waals surface area contributed by atoms with Gasteiger partial charge in [-0.3, -0.25) is 4.79 Å². The standard InChI is InChI=1S/C17H36N2O/c1-7-16(8-2)19(12-13(3)4)17(20)14(5)10-9-11-15(6)18/h13-16H,7-12,18H2,1-6H3. The third-order valence-electron chi connectivity index (χ3n) is 3.95. The number of carbonyl (C=O) groups excluding carboxylic acids is 1.